The van der Waals surface area contributed by atoms with Gasteiger partial charge in [-0.1, -0.05) is 88.2 Å². The summed E-state index contributed by atoms with van der Waals surface area (Å²) in [4.78, 5) is 33.8. The van der Waals surface area contributed by atoms with Gasteiger partial charge in [0.15, 0.2) is 0 Å². The first-order valence-electron chi connectivity index (χ1n) is 14.7. The average Bonchev–Trinajstić information content (AvgIpc) is 3.34. The number of carbonyl (C=O) groups is 2. The number of hydrogen-bond acceptors (Lipinski definition) is 4. The molecular formula is C33H43N5O2. The molecule has 0 saturated heterocycles. The smallest absolute Gasteiger partial charge is 0.243 e. The summed E-state index contributed by atoms with van der Waals surface area (Å²) >= 11 is 0. The predicted octanol–water partition coefficient (Wildman–Crippen LogP) is 4.50. The van der Waals surface area contributed by atoms with Crippen LogP contribution in [0.2, 0.25) is 0 Å². The molecule has 1 saturated carbocycles. The summed E-state index contributed by atoms with van der Waals surface area (Å²) in [7, 11) is 0. The van der Waals surface area contributed by atoms with E-state index in [1.54, 1.807) is 4.90 Å². The third-order valence-corrected chi connectivity index (χ3v) is 8.53. The number of fused-ring (bicyclic) bond motifs is 1. The van der Waals surface area contributed by atoms with Crippen molar-refractivity contribution in [3.8, 4) is 0 Å². The highest BCUT2D eigenvalue weighted by atomic mass is 16.2. The van der Waals surface area contributed by atoms with Crippen LogP contribution in [-0.4, -0.2) is 44.4 Å². The van der Waals surface area contributed by atoms with Crippen molar-refractivity contribution >= 4 is 11.8 Å². The van der Waals surface area contributed by atoms with Gasteiger partial charge >= 0.3 is 0 Å². The zero-order valence-corrected chi connectivity index (χ0v) is 24.1. The number of carbonyl (C=O) groups excluding carboxylic acids is 2. The molecule has 7 heteroatoms. The fourth-order valence-corrected chi connectivity index (χ4v) is 5.96. The monoisotopic (exact) mass is 541 g/mol. The summed E-state index contributed by atoms with van der Waals surface area (Å²) in [6.07, 6.45) is 7.23. The Labute approximate surface area is 238 Å². The molecule has 3 unspecified atom stereocenters. The molecule has 2 heterocycles. The van der Waals surface area contributed by atoms with Gasteiger partial charge in [0.1, 0.15) is 6.04 Å². The maximum Gasteiger partial charge on any atom is 0.243 e. The van der Waals surface area contributed by atoms with E-state index in [2.05, 4.69) is 54.9 Å². The number of amides is 2. The van der Waals surface area contributed by atoms with E-state index in [4.69, 9.17) is 10.7 Å². The minimum atomic E-state index is -0.584. The summed E-state index contributed by atoms with van der Waals surface area (Å²) in [5.41, 5.74) is 11.9. The second-order valence-corrected chi connectivity index (χ2v) is 12.5. The number of hydrogen-bond donors (Lipinski definition) is 2. The minimum absolute atomic E-state index is 0.00937. The van der Waals surface area contributed by atoms with Crippen molar-refractivity contribution in [2.24, 2.45) is 5.73 Å². The zero-order chi connectivity index (χ0) is 28.3. The van der Waals surface area contributed by atoms with E-state index in [0.717, 1.165) is 42.6 Å². The number of nitrogens with two attached hydrogens (primary N) is 1. The Balaban J connectivity index is 1.36. The van der Waals surface area contributed by atoms with Crippen LogP contribution in [0.4, 0.5) is 0 Å². The third-order valence-electron chi connectivity index (χ3n) is 8.53. The molecule has 3 atom stereocenters. The van der Waals surface area contributed by atoms with Crippen molar-refractivity contribution in [2.75, 3.05) is 0 Å². The summed E-state index contributed by atoms with van der Waals surface area (Å²) in [5, 5.41) is 3.20. The maximum atomic E-state index is 13.7. The highest BCUT2D eigenvalue weighted by molar-refractivity contribution is 5.88. The summed E-state index contributed by atoms with van der Waals surface area (Å²) in [6.45, 7) is 7.69. The molecule has 0 radical (unpaired) electrons. The van der Waals surface area contributed by atoms with Crippen LogP contribution in [0.15, 0.2) is 60.9 Å². The van der Waals surface area contributed by atoms with Crippen LogP contribution >= 0.6 is 0 Å². The first-order valence-corrected chi connectivity index (χ1v) is 14.7. The number of benzene rings is 2. The first kappa shape index (κ1) is 28.1. The Kier molecular flexibility index (Phi) is 8.40. The van der Waals surface area contributed by atoms with Crippen molar-refractivity contribution in [2.45, 2.75) is 102 Å². The number of rotatable bonds is 7. The molecule has 1 aliphatic heterocycles. The van der Waals surface area contributed by atoms with Gasteiger partial charge in [-0.25, -0.2) is 4.98 Å². The van der Waals surface area contributed by atoms with Gasteiger partial charge in [-0.15, -0.1) is 0 Å². The van der Waals surface area contributed by atoms with E-state index in [-0.39, 0.29) is 29.3 Å². The Morgan fingerprint density at radius 2 is 1.73 bits per heavy atom. The Hall–Kier alpha value is -3.45. The molecule has 7 nitrogen and oxygen atoms in total. The van der Waals surface area contributed by atoms with Gasteiger partial charge in [0.25, 0.3) is 0 Å². The average molecular weight is 542 g/mol. The summed E-state index contributed by atoms with van der Waals surface area (Å²) in [6, 6.07) is 18.1. The van der Waals surface area contributed by atoms with Crippen LogP contribution in [-0.2, 0) is 40.9 Å². The largest absolute Gasteiger partial charge is 0.350 e. The van der Waals surface area contributed by atoms with Crippen molar-refractivity contribution in [1.82, 2.24) is 19.8 Å². The van der Waals surface area contributed by atoms with Crippen LogP contribution in [0.25, 0.3) is 0 Å². The quantitative estimate of drug-likeness (QED) is 0.461. The summed E-state index contributed by atoms with van der Waals surface area (Å²) in [5.74, 6) is -0.127. The first-order chi connectivity index (χ1) is 19.2. The lowest BCUT2D eigenvalue weighted by Gasteiger charge is -2.37. The molecule has 2 aliphatic rings. The molecule has 1 aliphatic carbocycles. The van der Waals surface area contributed by atoms with Gasteiger partial charge in [0, 0.05) is 31.5 Å². The molecule has 40 heavy (non-hydrogen) atoms. The Morgan fingerprint density at radius 3 is 2.42 bits per heavy atom. The van der Waals surface area contributed by atoms with Crippen molar-refractivity contribution in [1.29, 1.82) is 0 Å². The SMILES string of the molecule is CC(C)(C)c1ccc(Cn2cnc3c2CN(C(=O)CCc2ccccc2)C(C(=O)NC2CCCCC2N)C3)cc1. The van der Waals surface area contributed by atoms with E-state index < -0.39 is 6.04 Å². The molecule has 2 amide bonds. The molecule has 212 valence electrons. The van der Waals surface area contributed by atoms with E-state index in [0.29, 0.717) is 32.4 Å². The Bertz CT molecular complexity index is 1310. The van der Waals surface area contributed by atoms with Crippen molar-refractivity contribution < 1.29 is 9.59 Å². The normalized spacial score (nSPS) is 21.1. The van der Waals surface area contributed by atoms with Crippen LogP contribution in [0.3, 0.4) is 0 Å². The lowest BCUT2D eigenvalue weighted by Crippen LogP contribution is -2.57. The van der Waals surface area contributed by atoms with Crippen molar-refractivity contribution in [3.63, 3.8) is 0 Å². The fraction of sp³-hybridized carbons (Fsp3) is 0.485. The van der Waals surface area contributed by atoms with E-state index in [9.17, 15) is 9.59 Å². The van der Waals surface area contributed by atoms with E-state index >= 15 is 0 Å². The molecular weight excluding hydrogens is 498 g/mol. The molecule has 0 bridgehead atoms. The van der Waals surface area contributed by atoms with Gasteiger partial charge in [-0.05, 0) is 41.4 Å². The second-order valence-electron chi connectivity index (χ2n) is 12.5. The number of nitrogens with one attached hydrogen (secondary N) is 1. The van der Waals surface area contributed by atoms with Gasteiger partial charge in [0.05, 0.1) is 24.3 Å². The molecule has 2 aromatic carbocycles. The van der Waals surface area contributed by atoms with Gasteiger partial charge in [-0.2, -0.15) is 0 Å². The number of nitrogens with zero attached hydrogens (tertiary/aromatic N) is 3. The molecule has 3 aromatic rings. The van der Waals surface area contributed by atoms with Crippen LogP contribution < -0.4 is 11.1 Å². The van der Waals surface area contributed by atoms with Crippen LogP contribution in [0.1, 0.15) is 81.0 Å². The molecule has 5 rings (SSSR count). The van der Waals surface area contributed by atoms with Crippen molar-refractivity contribution in [3.05, 3.63) is 89.0 Å². The molecule has 1 fully saturated rings. The highest BCUT2D eigenvalue weighted by Gasteiger charge is 2.38. The number of aromatic nitrogens is 2. The van der Waals surface area contributed by atoms with Gasteiger partial charge in [0.2, 0.25) is 11.8 Å². The van der Waals surface area contributed by atoms with E-state index in [1.165, 1.54) is 11.1 Å². The van der Waals surface area contributed by atoms with Gasteiger partial charge < -0.3 is 20.5 Å². The van der Waals surface area contributed by atoms with E-state index in [1.807, 2.05) is 36.7 Å². The lowest BCUT2D eigenvalue weighted by atomic mass is 9.87. The number of imidazole rings is 1. The molecule has 3 N–H and O–H groups in total. The van der Waals surface area contributed by atoms with Crippen LogP contribution in [0.5, 0.6) is 0 Å². The number of aryl methyl sites for hydroxylation is 1. The topological polar surface area (TPSA) is 93.2 Å². The molecule has 0 spiro atoms. The maximum absolute atomic E-state index is 13.7. The van der Waals surface area contributed by atoms with Gasteiger partial charge in [-0.3, -0.25) is 9.59 Å². The second kappa shape index (κ2) is 12.0. The predicted molar refractivity (Wildman–Crippen MR) is 158 cm³/mol. The zero-order valence-electron chi connectivity index (χ0n) is 24.1. The minimum Gasteiger partial charge on any atom is -0.350 e. The standard InChI is InChI=1S/C33H43N5O2/c1-33(2,3)25-16-13-24(14-17-25)20-37-22-35-28-19-29(32(40)36-27-12-8-7-11-26(27)34)38(21-30(28)37)31(39)18-15-23-9-5-4-6-10-23/h4-6,9-10,13-14,16-17,22,26-27,29H,7-8,11-12,15,18-21,34H2,1-3H3,(H,36,40). The third kappa shape index (κ3) is 6.47. The highest BCUT2D eigenvalue weighted by Crippen LogP contribution is 2.27. The Morgan fingerprint density at radius 1 is 1.00 bits per heavy atom. The summed E-state index contributed by atoms with van der Waals surface area (Å²) < 4.78 is 2.13. The van der Waals surface area contributed by atoms with Crippen LogP contribution in [0, 0.1) is 0 Å². The lowest BCUT2D eigenvalue weighted by molar-refractivity contribution is -0.142. The fourth-order valence-electron chi connectivity index (χ4n) is 5.96. The molecule has 1 aromatic heterocycles.